The SMILES string of the molecule is CC(CBr)NCCOC(C)(C)C. The molecule has 0 aromatic carbocycles. The molecule has 1 unspecified atom stereocenters. The quantitative estimate of drug-likeness (QED) is 0.585. The van der Waals surface area contributed by atoms with Crippen molar-refractivity contribution in [2.45, 2.75) is 39.3 Å². The Hall–Kier alpha value is 0.400. The summed E-state index contributed by atoms with van der Waals surface area (Å²) in [7, 11) is 0. The fourth-order valence-electron chi connectivity index (χ4n) is 0.717. The van der Waals surface area contributed by atoms with Crippen molar-refractivity contribution in [3.63, 3.8) is 0 Å². The van der Waals surface area contributed by atoms with Crippen molar-refractivity contribution in [2.24, 2.45) is 0 Å². The monoisotopic (exact) mass is 237 g/mol. The summed E-state index contributed by atoms with van der Waals surface area (Å²) in [5.74, 6) is 0. The summed E-state index contributed by atoms with van der Waals surface area (Å²) >= 11 is 3.40. The summed E-state index contributed by atoms with van der Waals surface area (Å²) < 4.78 is 5.55. The summed E-state index contributed by atoms with van der Waals surface area (Å²) in [5, 5.41) is 4.32. The Kier molecular flexibility index (Phi) is 6.14. The highest BCUT2D eigenvalue weighted by atomic mass is 79.9. The van der Waals surface area contributed by atoms with E-state index < -0.39 is 0 Å². The molecule has 0 rings (SSSR count). The zero-order valence-corrected chi connectivity index (χ0v) is 10.1. The first kappa shape index (κ1) is 12.4. The number of alkyl halides is 1. The molecule has 3 heteroatoms. The van der Waals surface area contributed by atoms with Gasteiger partial charge in [-0.25, -0.2) is 0 Å². The standard InChI is InChI=1S/C9H20BrNO/c1-8(7-10)11-5-6-12-9(2,3)4/h8,11H,5-7H2,1-4H3. The van der Waals surface area contributed by atoms with Crippen LogP contribution in [0.5, 0.6) is 0 Å². The van der Waals surface area contributed by atoms with Crippen molar-refractivity contribution >= 4 is 15.9 Å². The van der Waals surface area contributed by atoms with Crippen molar-refractivity contribution < 1.29 is 4.74 Å². The second-order valence-electron chi connectivity index (χ2n) is 3.97. The van der Waals surface area contributed by atoms with Crippen LogP contribution in [-0.2, 0) is 4.74 Å². The average molecular weight is 238 g/mol. The Morgan fingerprint density at radius 2 is 2.00 bits per heavy atom. The predicted molar refractivity (Wildman–Crippen MR) is 57.0 cm³/mol. The number of ether oxygens (including phenoxy) is 1. The van der Waals surface area contributed by atoms with Gasteiger partial charge in [-0.1, -0.05) is 15.9 Å². The molecule has 0 aliphatic carbocycles. The molecule has 0 heterocycles. The number of hydrogen-bond donors (Lipinski definition) is 1. The van der Waals surface area contributed by atoms with Gasteiger partial charge in [0.05, 0.1) is 12.2 Å². The molecule has 0 fully saturated rings. The van der Waals surface area contributed by atoms with Crippen molar-refractivity contribution in [2.75, 3.05) is 18.5 Å². The lowest BCUT2D eigenvalue weighted by Crippen LogP contribution is -2.32. The highest BCUT2D eigenvalue weighted by molar-refractivity contribution is 9.09. The van der Waals surface area contributed by atoms with Crippen LogP contribution in [0.25, 0.3) is 0 Å². The van der Waals surface area contributed by atoms with E-state index in [0.717, 1.165) is 18.5 Å². The summed E-state index contributed by atoms with van der Waals surface area (Å²) in [6, 6.07) is 0.522. The molecule has 1 N–H and O–H groups in total. The molecule has 0 spiro atoms. The topological polar surface area (TPSA) is 21.3 Å². The molecule has 0 aliphatic rings. The van der Waals surface area contributed by atoms with Crippen LogP contribution in [0.4, 0.5) is 0 Å². The third-order valence-electron chi connectivity index (χ3n) is 1.36. The van der Waals surface area contributed by atoms with Crippen LogP contribution < -0.4 is 5.32 Å². The van der Waals surface area contributed by atoms with Crippen molar-refractivity contribution in [3.05, 3.63) is 0 Å². The molecule has 0 aromatic heterocycles. The van der Waals surface area contributed by atoms with Gasteiger partial charge >= 0.3 is 0 Å². The van der Waals surface area contributed by atoms with E-state index in [0.29, 0.717) is 6.04 Å². The highest BCUT2D eigenvalue weighted by Crippen LogP contribution is 2.05. The van der Waals surface area contributed by atoms with E-state index >= 15 is 0 Å². The first-order valence-electron chi connectivity index (χ1n) is 4.39. The van der Waals surface area contributed by atoms with E-state index in [9.17, 15) is 0 Å². The largest absolute Gasteiger partial charge is 0.375 e. The zero-order chi connectivity index (χ0) is 9.61. The lowest BCUT2D eigenvalue weighted by atomic mass is 10.2. The lowest BCUT2D eigenvalue weighted by molar-refractivity contribution is -0.00129. The summed E-state index contributed by atoms with van der Waals surface area (Å²) in [5.41, 5.74) is -0.0146. The minimum atomic E-state index is -0.0146. The van der Waals surface area contributed by atoms with Crippen LogP contribution >= 0.6 is 15.9 Å². The molecule has 12 heavy (non-hydrogen) atoms. The first-order chi connectivity index (χ1) is 5.45. The van der Waals surface area contributed by atoms with E-state index in [1.807, 2.05) is 0 Å². The third kappa shape index (κ3) is 8.50. The van der Waals surface area contributed by atoms with Gasteiger partial charge in [0.15, 0.2) is 0 Å². The fraction of sp³-hybridized carbons (Fsp3) is 1.00. The van der Waals surface area contributed by atoms with Gasteiger partial charge in [0.2, 0.25) is 0 Å². The molecule has 0 saturated heterocycles. The van der Waals surface area contributed by atoms with Crippen LogP contribution in [0.15, 0.2) is 0 Å². The maximum absolute atomic E-state index is 5.55. The Morgan fingerprint density at radius 1 is 1.42 bits per heavy atom. The van der Waals surface area contributed by atoms with E-state index in [-0.39, 0.29) is 5.60 Å². The third-order valence-corrected chi connectivity index (χ3v) is 2.33. The second-order valence-corrected chi connectivity index (χ2v) is 4.62. The van der Waals surface area contributed by atoms with Gasteiger partial charge in [0, 0.05) is 17.9 Å². The van der Waals surface area contributed by atoms with Crippen LogP contribution in [-0.4, -0.2) is 30.1 Å². The van der Waals surface area contributed by atoms with Gasteiger partial charge < -0.3 is 10.1 Å². The molecule has 0 aromatic rings. The minimum absolute atomic E-state index is 0.0146. The normalized spacial score (nSPS) is 14.8. The van der Waals surface area contributed by atoms with Crippen molar-refractivity contribution in [1.29, 1.82) is 0 Å². The molecule has 0 radical (unpaired) electrons. The van der Waals surface area contributed by atoms with Gasteiger partial charge in [-0.05, 0) is 27.7 Å². The maximum Gasteiger partial charge on any atom is 0.0599 e. The zero-order valence-electron chi connectivity index (χ0n) is 8.48. The highest BCUT2D eigenvalue weighted by Gasteiger charge is 2.08. The molecule has 74 valence electrons. The smallest absolute Gasteiger partial charge is 0.0599 e. The van der Waals surface area contributed by atoms with Crippen molar-refractivity contribution in [3.8, 4) is 0 Å². The van der Waals surface area contributed by atoms with Gasteiger partial charge in [0.1, 0.15) is 0 Å². The number of halogens is 1. The summed E-state index contributed by atoms with van der Waals surface area (Å²) in [6.45, 7) is 10.1. The average Bonchev–Trinajstić information content (AvgIpc) is 1.96. The van der Waals surface area contributed by atoms with Crippen LogP contribution in [0.2, 0.25) is 0 Å². The van der Waals surface area contributed by atoms with Crippen LogP contribution in [0.3, 0.4) is 0 Å². The lowest BCUT2D eigenvalue weighted by Gasteiger charge is -2.20. The van der Waals surface area contributed by atoms with E-state index in [1.165, 1.54) is 0 Å². The Balaban J connectivity index is 3.22. The van der Waals surface area contributed by atoms with Gasteiger partial charge in [-0.3, -0.25) is 0 Å². The molecule has 0 saturated carbocycles. The Bertz CT molecular complexity index is 112. The molecule has 1 atom stereocenters. The van der Waals surface area contributed by atoms with E-state index in [4.69, 9.17) is 4.74 Å². The Labute approximate surface area is 84.2 Å². The molecular weight excluding hydrogens is 218 g/mol. The maximum atomic E-state index is 5.55. The van der Waals surface area contributed by atoms with Crippen LogP contribution in [0, 0.1) is 0 Å². The van der Waals surface area contributed by atoms with Crippen molar-refractivity contribution in [1.82, 2.24) is 5.32 Å². The fourth-order valence-corrected chi connectivity index (χ4v) is 0.946. The molecule has 0 amide bonds. The summed E-state index contributed by atoms with van der Waals surface area (Å²) in [6.07, 6.45) is 0. The van der Waals surface area contributed by atoms with Gasteiger partial charge in [0.25, 0.3) is 0 Å². The molecule has 0 bridgehead atoms. The Morgan fingerprint density at radius 3 is 2.42 bits per heavy atom. The number of nitrogens with one attached hydrogen (secondary N) is 1. The molecule has 2 nitrogen and oxygen atoms in total. The van der Waals surface area contributed by atoms with E-state index in [2.05, 4.69) is 48.9 Å². The van der Waals surface area contributed by atoms with E-state index in [1.54, 1.807) is 0 Å². The van der Waals surface area contributed by atoms with Crippen LogP contribution in [0.1, 0.15) is 27.7 Å². The molecule has 0 aliphatic heterocycles. The molecular formula is C9H20BrNO. The number of hydrogen-bond acceptors (Lipinski definition) is 2. The van der Waals surface area contributed by atoms with Gasteiger partial charge in [-0.2, -0.15) is 0 Å². The summed E-state index contributed by atoms with van der Waals surface area (Å²) in [4.78, 5) is 0. The second kappa shape index (κ2) is 5.95. The number of rotatable bonds is 5. The predicted octanol–water partition coefficient (Wildman–Crippen LogP) is 2.17. The first-order valence-corrected chi connectivity index (χ1v) is 5.51. The minimum Gasteiger partial charge on any atom is -0.375 e. The van der Waals surface area contributed by atoms with Gasteiger partial charge in [-0.15, -0.1) is 0 Å².